The lowest BCUT2D eigenvalue weighted by Gasteiger charge is -2.09. The van der Waals surface area contributed by atoms with Crippen LogP contribution in [0.3, 0.4) is 0 Å². The largest absolute Gasteiger partial charge is 0.496 e. The maximum Gasteiger partial charge on any atom is 0.193 e. The molecule has 124 valence electrons. The van der Waals surface area contributed by atoms with Gasteiger partial charge in [0.25, 0.3) is 0 Å². The Balaban J connectivity index is 0.00000264. The highest BCUT2D eigenvalue weighted by Crippen LogP contribution is 2.19. The van der Waals surface area contributed by atoms with E-state index in [-0.39, 0.29) is 24.0 Å². The highest BCUT2D eigenvalue weighted by atomic mass is 127. The van der Waals surface area contributed by atoms with E-state index in [4.69, 9.17) is 10.5 Å². The summed E-state index contributed by atoms with van der Waals surface area (Å²) in [5.74, 6) is 1.30. The summed E-state index contributed by atoms with van der Waals surface area (Å²) in [5, 5.41) is 3.13. The summed E-state index contributed by atoms with van der Waals surface area (Å²) in [6.07, 6.45) is 0. The van der Waals surface area contributed by atoms with Crippen molar-refractivity contribution in [2.75, 3.05) is 12.4 Å². The van der Waals surface area contributed by atoms with Crippen molar-refractivity contribution in [3.8, 4) is 5.75 Å². The summed E-state index contributed by atoms with van der Waals surface area (Å²) in [5.41, 5.74) is 11.5. The number of ether oxygens (including phenoxy) is 1. The Morgan fingerprint density at radius 1 is 1.09 bits per heavy atom. The number of halogens is 1. The minimum atomic E-state index is 0. The summed E-state index contributed by atoms with van der Waals surface area (Å²) >= 11 is 0. The van der Waals surface area contributed by atoms with Crippen LogP contribution in [0.2, 0.25) is 0 Å². The second kappa shape index (κ2) is 8.76. The fourth-order valence-corrected chi connectivity index (χ4v) is 2.45. The van der Waals surface area contributed by atoms with Gasteiger partial charge in [-0.2, -0.15) is 0 Å². The van der Waals surface area contributed by atoms with Crippen LogP contribution in [0.4, 0.5) is 5.69 Å². The monoisotopic (exact) mass is 425 g/mol. The molecule has 0 saturated heterocycles. The van der Waals surface area contributed by atoms with Crippen LogP contribution in [0.25, 0.3) is 0 Å². The topological polar surface area (TPSA) is 59.6 Å². The van der Waals surface area contributed by atoms with Gasteiger partial charge >= 0.3 is 0 Å². The first-order chi connectivity index (χ1) is 10.5. The lowest BCUT2D eigenvalue weighted by molar-refractivity contribution is 0.411. The third-order valence-electron chi connectivity index (χ3n) is 3.39. The van der Waals surface area contributed by atoms with E-state index in [1.165, 1.54) is 11.1 Å². The molecule has 2 aromatic rings. The summed E-state index contributed by atoms with van der Waals surface area (Å²) in [6, 6.07) is 12.2. The molecule has 5 heteroatoms. The number of aryl methyl sites for hydroxylation is 3. The third-order valence-corrected chi connectivity index (χ3v) is 3.39. The number of nitrogens with one attached hydrogen (secondary N) is 1. The first-order valence-electron chi connectivity index (χ1n) is 7.26. The second-order valence-electron chi connectivity index (χ2n) is 5.51. The van der Waals surface area contributed by atoms with Crippen LogP contribution >= 0.6 is 24.0 Å². The van der Waals surface area contributed by atoms with Gasteiger partial charge in [-0.25, -0.2) is 4.99 Å². The van der Waals surface area contributed by atoms with Gasteiger partial charge in [-0.15, -0.1) is 24.0 Å². The Hall–Kier alpha value is -1.76. The van der Waals surface area contributed by atoms with Gasteiger partial charge in [0.05, 0.1) is 13.7 Å². The molecule has 2 aromatic carbocycles. The van der Waals surface area contributed by atoms with Crippen molar-refractivity contribution in [3.05, 3.63) is 58.7 Å². The maximum atomic E-state index is 5.96. The summed E-state index contributed by atoms with van der Waals surface area (Å²) in [4.78, 5) is 4.39. The molecule has 0 aliphatic heterocycles. The molecule has 0 saturated carbocycles. The number of aliphatic imine (C=N–C) groups is 1. The molecule has 3 N–H and O–H groups in total. The van der Waals surface area contributed by atoms with Crippen LogP contribution in [0, 0.1) is 20.8 Å². The van der Waals surface area contributed by atoms with E-state index in [9.17, 15) is 0 Å². The lowest BCUT2D eigenvalue weighted by Crippen LogP contribution is -2.22. The first-order valence-corrected chi connectivity index (χ1v) is 7.26. The van der Waals surface area contributed by atoms with Gasteiger partial charge < -0.3 is 15.8 Å². The van der Waals surface area contributed by atoms with E-state index in [0.717, 1.165) is 22.6 Å². The van der Waals surface area contributed by atoms with Gasteiger partial charge in [0, 0.05) is 5.69 Å². The molecule has 0 unspecified atom stereocenters. The van der Waals surface area contributed by atoms with E-state index < -0.39 is 0 Å². The molecule has 0 amide bonds. The fraction of sp³-hybridized carbons (Fsp3) is 0.278. The minimum Gasteiger partial charge on any atom is -0.496 e. The average Bonchev–Trinajstić information content (AvgIpc) is 2.44. The van der Waals surface area contributed by atoms with Gasteiger partial charge in [-0.1, -0.05) is 18.2 Å². The first kappa shape index (κ1) is 19.3. The van der Waals surface area contributed by atoms with Crippen LogP contribution in [0.5, 0.6) is 5.75 Å². The third kappa shape index (κ3) is 5.74. The normalized spacial score (nSPS) is 10.9. The number of guanidine groups is 1. The molecule has 2 rings (SSSR count). The maximum absolute atomic E-state index is 5.96. The SMILES string of the molecule is COc1ccc(CN=C(N)Nc2cc(C)cc(C)c2)cc1C.I. The minimum absolute atomic E-state index is 0. The molecular formula is C18H24IN3O. The smallest absolute Gasteiger partial charge is 0.193 e. The molecule has 0 fully saturated rings. The number of anilines is 1. The molecule has 0 spiro atoms. The zero-order valence-electron chi connectivity index (χ0n) is 14.0. The molecule has 0 bridgehead atoms. The zero-order valence-corrected chi connectivity index (χ0v) is 16.3. The Morgan fingerprint density at radius 3 is 2.30 bits per heavy atom. The van der Waals surface area contributed by atoms with Gasteiger partial charge in [-0.3, -0.25) is 0 Å². The molecule has 0 aromatic heterocycles. The van der Waals surface area contributed by atoms with Gasteiger partial charge in [0.2, 0.25) is 0 Å². The van der Waals surface area contributed by atoms with Crippen LogP contribution < -0.4 is 15.8 Å². The van der Waals surface area contributed by atoms with E-state index >= 15 is 0 Å². The quantitative estimate of drug-likeness (QED) is 0.439. The summed E-state index contributed by atoms with van der Waals surface area (Å²) in [6.45, 7) is 6.68. The molecule has 0 atom stereocenters. The molecule has 0 aliphatic rings. The highest BCUT2D eigenvalue weighted by molar-refractivity contribution is 14.0. The molecular weight excluding hydrogens is 401 g/mol. The van der Waals surface area contributed by atoms with Gasteiger partial charge in [0.1, 0.15) is 5.75 Å². The van der Waals surface area contributed by atoms with Crippen molar-refractivity contribution in [2.45, 2.75) is 27.3 Å². The van der Waals surface area contributed by atoms with Crippen molar-refractivity contribution in [2.24, 2.45) is 10.7 Å². The standard InChI is InChI=1S/C18H23N3O.HI/c1-12-7-13(2)9-16(8-12)21-18(19)20-11-15-5-6-17(22-4)14(3)10-15;/h5-10H,11H2,1-4H3,(H3,19,20,21);1H. The second-order valence-corrected chi connectivity index (χ2v) is 5.51. The van der Waals surface area contributed by atoms with Crippen molar-refractivity contribution >= 4 is 35.6 Å². The molecule has 0 aliphatic carbocycles. The number of rotatable bonds is 4. The van der Waals surface area contributed by atoms with E-state index in [2.05, 4.69) is 36.3 Å². The van der Waals surface area contributed by atoms with Crippen molar-refractivity contribution in [1.82, 2.24) is 0 Å². The zero-order chi connectivity index (χ0) is 16.1. The molecule has 0 radical (unpaired) electrons. The van der Waals surface area contributed by atoms with Gasteiger partial charge in [0.15, 0.2) is 5.96 Å². The molecule has 0 heterocycles. The number of hydrogen-bond acceptors (Lipinski definition) is 2. The Labute approximate surface area is 155 Å². The van der Waals surface area contributed by atoms with E-state index in [0.29, 0.717) is 12.5 Å². The lowest BCUT2D eigenvalue weighted by atomic mass is 10.1. The van der Waals surface area contributed by atoms with Crippen molar-refractivity contribution in [1.29, 1.82) is 0 Å². The van der Waals surface area contributed by atoms with Crippen molar-refractivity contribution < 1.29 is 4.74 Å². The summed E-state index contributed by atoms with van der Waals surface area (Å²) in [7, 11) is 1.67. The fourth-order valence-electron chi connectivity index (χ4n) is 2.45. The Morgan fingerprint density at radius 2 is 1.74 bits per heavy atom. The average molecular weight is 425 g/mol. The number of benzene rings is 2. The number of methoxy groups -OCH3 is 1. The number of nitrogens with zero attached hydrogens (tertiary/aromatic N) is 1. The van der Waals surface area contributed by atoms with Crippen LogP contribution in [-0.4, -0.2) is 13.1 Å². The molecule has 4 nitrogen and oxygen atoms in total. The van der Waals surface area contributed by atoms with Gasteiger partial charge in [-0.05, 0) is 61.2 Å². The van der Waals surface area contributed by atoms with Crippen LogP contribution in [0.1, 0.15) is 22.3 Å². The highest BCUT2D eigenvalue weighted by Gasteiger charge is 2.01. The molecule has 23 heavy (non-hydrogen) atoms. The Kier molecular flexibility index (Phi) is 7.35. The van der Waals surface area contributed by atoms with E-state index in [1.54, 1.807) is 7.11 Å². The van der Waals surface area contributed by atoms with E-state index in [1.807, 2.05) is 31.2 Å². The number of hydrogen-bond donors (Lipinski definition) is 2. The predicted molar refractivity (Wildman–Crippen MR) is 108 cm³/mol. The summed E-state index contributed by atoms with van der Waals surface area (Å²) < 4.78 is 5.25. The van der Waals surface area contributed by atoms with Crippen molar-refractivity contribution in [3.63, 3.8) is 0 Å². The number of nitrogens with two attached hydrogens (primary N) is 1. The van der Waals surface area contributed by atoms with Crippen LogP contribution in [-0.2, 0) is 6.54 Å². The predicted octanol–water partition coefficient (Wildman–Crippen LogP) is 4.17. The van der Waals surface area contributed by atoms with Crippen LogP contribution in [0.15, 0.2) is 41.4 Å². The Bertz CT molecular complexity index is 678.